The van der Waals surface area contributed by atoms with Gasteiger partial charge in [0.15, 0.2) is 0 Å². The van der Waals surface area contributed by atoms with E-state index in [1.165, 1.54) is 0 Å². The predicted octanol–water partition coefficient (Wildman–Crippen LogP) is 11.8. The zero-order valence-corrected chi connectivity index (χ0v) is 26.4. The van der Waals surface area contributed by atoms with Crippen LogP contribution >= 0.6 is 0 Å². The van der Waals surface area contributed by atoms with Crippen molar-refractivity contribution in [3.63, 3.8) is 0 Å². The van der Waals surface area contributed by atoms with E-state index in [2.05, 4.69) is 66.7 Å². The van der Waals surface area contributed by atoms with Crippen LogP contribution in [-0.4, -0.2) is 0 Å². The normalized spacial score (nSPS) is 11.1. The standard InChI is InChI=1S/C45H23N3O2/c46-24-27-10-14-41-37(18-27)39-20-30(12-16-43(39)49-41)35-22-33(34-9-5-4-8-32(34)26-48)23-36(45(35)29-6-2-1-3-7-29)31-13-17-44-40(21-31)38-19-28(25-47)11-15-42(38)50-44/h1-23H. The number of furan rings is 2. The molecule has 9 rings (SSSR count). The van der Waals surface area contributed by atoms with Gasteiger partial charge >= 0.3 is 0 Å². The van der Waals surface area contributed by atoms with E-state index in [0.29, 0.717) is 16.7 Å². The first kappa shape index (κ1) is 28.8. The van der Waals surface area contributed by atoms with Gasteiger partial charge in [-0.05, 0) is 123 Å². The molecule has 5 heteroatoms. The third kappa shape index (κ3) is 4.61. The van der Waals surface area contributed by atoms with Crippen LogP contribution in [0.1, 0.15) is 16.7 Å². The molecule has 0 bridgehead atoms. The summed E-state index contributed by atoms with van der Waals surface area (Å²) in [5.41, 5.74) is 12.3. The van der Waals surface area contributed by atoms with E-state index in [1.807, 2.05) is 78.9 Å². The molecule has 7 aromatic carbocycles. The van der Waals surface area contributed by atoms with Gasteiger partial charge in [0.1, 0.15) is 22.3 Å². The molecule has 0 amide bonds. The van der Waals surface area contributed by atoms with Gasteiger partial charge in [0.2, 0.25) is 0 Å². The number of rotatable bonds is 4. The van der Waals surface area contributed by atoms with Gasteiger partial charge in [-0.3, -0.25) is 0 Å². The van der Waals surface area contributed by atoms with Crippen molar-refractivity contribution in [3.05, 3.63) is 156 Å². The number of nitriles is 3. The first-order valence-electron chi connectivity index (χ1n) is 16.1. The minimum Gasteiger partial charge on any atom is -0.456 e. The molecule has 0 aliphatic carbocycles. The Balaban J connectivity index is 1.39. The molecule has 50 heavy (non-hydrogen) atoms. The van der Waals surface area contributed by atoms with Crippen molar-refractivity contribution in [2.75, 3.05) is 0 Å². The highest BCUT2D eigenvalue weighted by Crippen LogP contribution is 2.46. The smallest absolute Gasteiger partial charge is 0.135 e. The maximum atomic E-state index is 10.1. The van der Waals surface area contributed by atoms with Crippen LogP contribution < -0.4 is 0 Å². The molecule has 0 N–H and O–H groups in total. The number of fused-ring (bicyclic) bond motifs is 6. The summed E-state index contributed by atoms with van der Waals surface area (Å²) in [5, 5.41) is 33.0. The van der Waals surface area contributed by atoms with Gasteiger partial charge in [-0.2, -0.15) is 15.8 Å². The Labute approximate surface area is 286 Å². The van der Waals surface area contributed by atoms with E-state index in [1.54, 1.807) is 12.1 Å². The molecule has 0 unspecified atom stereocenters. The lowest BCUT2D eigenvalue weighted by Crippen LogP contribution is -1.94. The Bertz CT molecular complexity index is 2810. The van der Waals surface area contributed by atoms with Crippen molar-refractivity contribution >= 4 is 43.9 Å². The molecular formula is C45H23N3O2. The maximum Gasteiger partial charge on any atom is 0.135 e. The van der Waals surface area contributed by atoms with Crippen molar-refractivity contribution in [2.45, 2.75) is 0 Å². The van der Waals surface area contributed by atoms with Gasteiger partial charge in [-0.15, -0.1) is 0 Å². The Morgan fingerprint density at radius 1 is 0.360 bits per heavy atom. The van der Waals surface area contributed by atoms with Gasteiger partial charge < -0.3 is 8.83 Å². The Kier molecular flexibility index (Phi) is 6.56. The zero-order valence-electron chi connectivity index (χ0n) is 26.4. The summed E-state index contributed by atoms with van der Waals surface area (Å²) >= 11 is 0. The summed E-state index contributed by atoms with van der Waals surface area (Å²) in [7, 11) is 0. The Morgan fingerprint density at radius 2 is 0.840 bits per heavy atom. The van der Waals surface area contributed by atoms with Crippen LogP contribution in [0.15, 0.2) is 148 Å². The number of hydrogen-bond donors (Lipinski definition) is 0. The minimum absolute atomic E-state index is 0.567. The zero-order chi connectivity index (χ0) is 33.8. The lowest BCUT2D eigenvalue weighted by atomic mass is 9.83. The molecule has 9 aromatic rings. The second-order valence-corrected chi connectivity index (χ2v) is 12.2. The molecule has 5 nitrogen and oxygen atoms in total. The summed E-state index contributed by atoms with van der Waals surface area (Å²) in [6, 6.07) is 52.5. The number of nitrogens with zero attached hydrogens (tertiary/aromatic N) is 3. The highest BCUT2D eigenvalue weighted by atomic mass is 16.3. The summed E-state index contributed by atoms with van der Waals surface area (Å²) in [4.78, 5) is 0. The van der Waals surface area contributed by atoms with Gasteiger partial charge in [0, 0.05) is 21.5 Å². The summed E-state index contributed by atoms with van der Waals surface area (Å²) in [5.74, 6) is 0. The lowest BCUT2D eigenvalue weighted by molar-refractivity contribution is 0.668. The number of benzene rings is 7. The van der Waals surface area contributed by atoms with Crippen LogP contribution in [0, 0.1) is 34.0 Å². The highest BCUT2D eigenvalue weighted by molar-refractivity contribution is 6.10. The van der Waals surface area contributed by atoms with Gasteiger partial charge in [0.05, 0.1) is 34.9 Å². The monoisotopic (exact) mass is 637 g/mol. The molecule has 0 aliphatic heterocycles. The third-order valence-corrected chi connectivity index (χ3v) is 9.38. The third-order valence-electron chi connectivity index (χ3n) is 9.38. The fourth-order valence-electron chi connectivity index (χ4n) is 7.03. The largest absolute Gasteiger partial charge is 0.456 e. The molecule has 0 saturated carbocycles. The fraction of sp³-hybridized carbons (Fsp3) is 0. The molecule has 0 fully saturated rings. The Hall–Kier alpha value is -7.39. The molecule has 0 saturated heterocycles. The summed E-state index contributed by atoms with van der Waals surface area (Å²) in [6.45, 7) is 0. The molecule has 0 atom stereocenters. The van der Waals surface area contributed by atoms with Crippen molar-refractivity contribution in [1.82, 2.24) is 0 Å². The Morgan fingerprint density at radius 3 is 1.36 bits per heavy atom. The average molecular weight is 638 g/mol. The second kappa shape index (κ2) is 11.4. The fourth-order valence-corrected chi connectivity index (χ4v) is 7.03. The summed E-state index contributed by atoms with van der Waals surface area (Å²) in [6.07, 6.45) is 0. The summed E-state index contributed by atoms with van der Waals surface area (Å²) < 4.78 is 12.4. The quantitative estimate of drug-likeness (QED) is 0.191. The first-order valence-corrected chi connectivity index (χ1v) is 16.1. The topological polar surface area (TPSA) is 97.7 Å². The molecule has 0 aliphatic rings. The van der Waals surface area contributed by atoms with Gasteiger partial charge in [-0.1, -0.05) is 60.7 Å². The van der Waals surface area contributed by atoms with Gasteiger partial charge in [0.25, 0.3) is 0 Å². The van der Waals surface area contributed by atoms with Crippen LogP contribution in [0.2, 0.25) is 0 Å². The van der Waals surface area contributed by atoms with E-state index in [9.17, 15) is 15.8 Å². The van der Waals surface area contributed by atoms with E-state index < -0.39 is 0 Å². The van der Waals surface area contributed by atoms with Crippen LogP contribution in [0.3, 0.4) is 0 Å². The SMILES string of the molecule is N#Cc1ccc2oc3ccc(-c4cc(-c5ccccc5C#N)cc(-c5ccc6oc7ccc(C#N)cc7c6c5)c4-c4ccccc4)cc3c2c1. The number of hydrogen-bond acceptors (Lipinski definition) is 5. The van der Waals surface area contributed by atoms with Crippen LogP contribution in [0.5, 0.6) is 0 Å². The van der Waals surface area contributed by atoms with Crippen LogP contribution in [0.25, 0.3) is 88.4 Å². The molecule has 0 radical (unpaired) electrons. The predicted molar refractivity (Wildman–Crippen MR) is 197 cm³/mol. The molecule has 2 aromatic heterocycles. The molecule has 230 valence electrons. The molecule has 2 heterocycles. The van der Waals surface area contributed by atoms with Crippen LogP contribution in [0.4, 0.5) is 0 Å². The van der Waals surface area contributed by atoms with Crippen molar-refractivity contribution < 1.29 is 8.83 Å². The van der Waals surface area contributed by atoms with Crippen molar-refractivity contribution in [2.24, 2.45) is 0 Å². The van der Waals surface area contributed by atoms with E-state index in [4.69, 9.17) is 8.83 Å². The van der Waals surface area contributed by atoms with Crippen molar-refractivity contribution in [3.8, 4) is 62.7 Å². The van der Waals surface area contributed by atoms with Crippen molar-refractivity contribution in [1.29, 1.82) is 15.8 Å². The van der Waals surface area contributed by atoms with Crippen LogP contribution in [-0.2, 0) is 0 Å². The van der Waals surface area contributed by atoms with E-state index in [-0.39, 0.29) is 0 Å². The van der Waals surface area contributed by atoms with E-state index >= 15 is 0 Å². The van der Waals surface area contributed by atoms with E-state index in [0.717, 1.165) is 88.4 Å². The molecular weight excluding hydrogens is 615 g/mol. The highest BCUT2D eigenvalue weighted by Gasteiger charge is 2.20. The minimum atomic E-state index is 0.567. The maximum absolute atomic E-state index is 10.1. The van der Waals surface area contributed by atoms with Gasteiger partial charge in [-0.25, -0.2) is 0 Å². The second-order valence-electron chi connectivity index (χ2n) is 12.2. The molecule has 0 spiro atoms. The lowest BCUT2D eigenvalue weighted by Gasteiger charge is -2.19. The average Bonchev–Trinajstić information content (AvgIpc) is 3.74. The first-order chi connectivity index (χ1) is 24.6.